The maximum atomic E-state index is 3.17. The third-order valence-corrected chi connectivity index (χ3v) is 2.05. The molecule has 0 aliphatic rings. The highest BCUT2D eigenvalue weighted by molar-refractivity contribution is 5.25. The lowest BCUT2D eigenvalue weighted by atomic mass is 10.1. The van der Waals surface area contributed by atoms with Crippen molar-refractivity contribution in [2.24, 2.45) is 0 Å². The molecule has 0 aromatic heterocycles. The molecule has 0 N–H and O–H groups in total. The van der Waals surface area contributed by atoms with Crippen LogP contribution < -0.4 is 0 Å². The number of hydrogen-bond donors (Lipinski definition) is 0. The second-order valence-electron chi connectivity index (χ2n) is 3.37. The number of rotatable bonds is 3. The minimum absolute atomic E-state index is 1.01. The van der Waals surface area contributed by atoms with Gasteiger partial charge < -0.3 is 0 Å². The van der Waals surface area contributed by atoms with Gasteiger partial charge >= 0.3 is 0 Å². The molecule has 0 saturated carbocycles. The Hall–Kier alpha value is -1.70. The van der Waals surface area contributed by atoms with Gasteiger partial charge in [0.2, 0.25) is 0 Å². The number of hydrogen-bond acceptors (Lipinski definition) is 0. The van der Waals surface area contributed by atoms with E-state index in [1.54, 1.807) is 0 Å². The lowest BCUT2D eigenvalue weighted by molar-refractivity contribution is 1.00. The highest BCUT2D eigenvalue weighted by Gasteiger charge is 1.87. The standard InChI is InChI=1S/C15H16/c1-3-9-14(2)10-7-8-13-15-11-5-4-6-12-15/h4-7,11-12H,8,13H2,1-2H3. The second-order valence-corrected chi connectivity index (χ2v) is 3.37. The van der Waals surface area contributed by atoms with Crippen LogP contribution in [0, 0.1) is 11.8 Å². The summed E-state index contributed by atoms with van der Waals surface area (Å²) in [5.41, 5.74) is 5.55. The zero-order valence-corrected chi connectivity index (χ0v) is 9.38. The Labute approximate surface area is 92.3 Å². The Balaban J connectivity index is 2.45. The van der Waals surface area contributed by atoms with Crippen LogP contribution in [0.1, 0.15) is 25.8 Å². The van der Waals surface area contributed by atoms with Crippen LogP contribution in [0.4, 0.5) is 0 Å². The predicted molar refractivity (Wildman–Crippen MR) is 65.5 cm³/mol. The molecule has 0 fully saturated rings. The number of allylic oxidation sites excluding steroid dienone is 1. The highest BCUT2D eigenvalue weighted by atomic mass is 13.9. The Kier molecular flexibility index (Phi) is 5.09. The van der Waals surface area contributed by atoms with Gasteiger partial charge in [0.15, 0.2) is 0 Å². The Bertz CT molecular complexity index is 406. The fourth-order valence-corrected chi connectivity index (χ4v) is 1.33. The summed E-state index contributed by atoms with van der Waals surface area (Å²) in [6.07, 6.45) is 4.15. The SMILES string of the molecule is CC#CC(C)=C=CCCc1ccccc1. The van der Waals surface area contributed by atoms with Crippen LogP contribution in [0.25, 0.3) is 0 Å². The van der Waals surface area contributed by atoms with E-state index in [1.807, 2.05) is 19.9 Å². The van der Waals surface area contributed by atoms with Gasteiger partial charge in [0.25, 0.3) is 0 Å². The van der Waals surface area contributed by atoms with Crippen molar-refractivity contribution in [1.82, 2.24) is 0 Å². The van der Waals surface area contributed by atoms with Crippen LogP contribution >= 0.6 is 0 Å². The molecule has 0 saturated heterocycles. The maximum Gasteiger partial charge on any atom is 0.0403 e. The van der Waals surface area contributed by atoms with E-state index in [0.717, 1.165) is 18.4 Å². The van der Waals surface area contributed by atoms with Gasteiger partial charge in [-0.3, -0.25) is 0 Å². The van der Waals surface area contributed by atoms with Crippen LogP contribution in [0.3, 0.4) is 0 Å². The van der Waals surface area contributed by atoms with Gasteiger partial charge in [-0.1, -0.05) is 36.3 Å². The topological polar surface area (TPSA) is 0 Å². The van der Waals surface area contributed by atoms with E-state index < -0.39 is 0 Å². The van der Waals surface area contributed by atoms with Crippen molar-refractivity contribution in [3.05, 3.63) is 53.3 Å². The van der Waals surface area contributed by atoms with Gasteiger partial charge in [-0.05, 0) is 38.3 Å². The first kappa shape index (κ1) is 11.4. The van der Waals surface area contributed by atoms with Crippen molar-refractivity contribution in [3.8, 4) is 11.8 Å². The van der Waals surface area contributed by atoms with E-state index in [9.17, 15) is 0 Å². The summed E-state index contributed by atoms with van der Waals surface area (Å²) in [5.74, 6) is 5.82. The van der Waals surface area contributed by atoms with Crippen LogP contribution in [0.15, 0.2) is 47.7 Å². The molecule has 0 bridgehead atoms. The molecule has 0 heterocycles. The van der Waals surface area contributed by atoms with Crippen molar-refractivity contribution in [2.45, 2.75) is 26.7 Å². The molecular formula is C15H16. The molecule has 76 valence electrons. The molecule has 1 aromatic rings. The Morgan fingerprint density at radius 2 is 2.00 bits per heavy atom. The van der Waals surface area contributed by atoms with E-state index in [2.05, 4.69) is 47.9 Å². The van der Waals surface area contributed by atoms with Crippen LogP contribution in [-0.2, 0) is 6.42 Å². The van der Waals surface area contributed by atoms with Crippen LogP contribution in [0.5, 0.6) is 0 Å². The molecule has 1 rings (SSSR count). The van der Waals surface area contributed by atoms with Crippen molar-refractivity contribution >= 4 is 0 Å². The van der Waals surface area contributed by atoms with Gasteiger partial charge in [-0.15, -0.1) is 11.7 Å². The van der Waals surface area contributed by atoms with Crippen molar-refractivity contribution < 1.29 is 0 Å². The third-order valence-electron chi connectivity index (χ3n) is 2.05. The van der Waals surface area contributed by atoms with Crippen molar-refractivity contribution in [2.75, 3.05) is 0 Å². The van der Waals surface area contributed by atoms with E-state index in [0.29, 0.717) is 0 Å². The first-order valence-electron chi connectivity index (χ1n) is 5.21. The largest absolute Gasteiger partial charge is 0.113 e. The second kappa shape index (κ2) is 6.71. The smallest absolute Gasteiger partial charge is 0.0403 e. The number of aryl methyl sites for hydroxylation is 1. The zero-order valence-electron chi connectivity index (χ0n) is 9.38. The molecule has 0 aliphatic carbocycles. The fourth-order valence-electron chi connectivity index (χ4n) is 1.33. The first-order valence-corrected chi connectivity index (χ1v) is 5.21. The average Bonchev–Trinajstić information content (AvgIpc) is 2.26. The van der Waals surface area contributed by atoms with Crippen molar-refractivity contribution in [3.63, 3.8) is 0 Å². The summed E-state index contributed by atoms with van der Waals surface area (Å²) in [5, 5.41) is 0. The van der Waals surface area contributed by atoms with E-state index in [-0.39, 0.29) is 0 Å². The minimum Gasteiger partial charge on any atom is -0.113 e. The van der Waals surface area contributed by atoms with E-state index >= 15 is 0 Å². The lowest BCUT2D eigenvalue weighted by Gasteiger charge is -1.94. The summed E-state index contributed by atoms with van der Waals surface area (Å²) in [6.45, 7) is 3.82. The van der Waals surface area contributed by atoms with Gasteiger partial charge in [0, 0.05) is 5.57 Å². The number of benzene rings is 1. The van der Waals surface area contributed by atoms with Gasteiger partial charge in [0.05, 0.1) is 0 Å². The lowest BCUT2D eigenvalue weighted by Crippen LogP contribution is -1.80. The van der Waals surface area contributed by atoms with E-state index in [1.165, 1.54) is 5.56 Å². The molecule has 0 radical (unpaired) electrons. The van der Waals surface area contributed by atoms with Gasteiger partial charge in [-0.2, -0.15) is 0 Å². The quantitative estimate of drug-likeness (QED) is 0.510. The monoisotopic (exact) mass is 196 g/mol. The third kappa shape index (κ3) is 4.91. The highest BCUT2D eigenvalue weighted by Crippen LogP contribution is 2.02. The molecule has 0 spiro atoms. The molecule has 15 heavy (non-hydrogen) atoms. The van der Waals surface area contributed by atoms with Gasteiger partial charge in [-0.25, -0.2) is 0 Å². The molecule has 0 atom stereocenters. The zero-order chi connectivity index (χ0) is 10.9. The van der Waals surface area contributed by atoms with Crippen LogP contribution in [0.2, 0.25) is 0 Å². The van der Waals surface area contributed by atoms with Gasteiger partial charge in [0.1, 0.15) is 0 Å². The molecule has 0 aliphatic heterocycles. The summed E-state index contributed by atoms with van der Waals surface area (Å²) in [6, 6.07) is 10.5. The summed E-state index contributed by atoms with van der Waals surface area (Å²) in [4.78, 5) is 0. The Morgan fingerprint density at radius 3 is 2.67 bits per heavy atom. The molecule has 0 nitrogen and oxygen atoms in total. The molecule has 0 unspecified atom stereocenters. The molecular weight excluding hydrogens is 180 g/mol. The van der Waals surface area contributed by atoms with E-state index in [4.69, 9.17) is 0 Å². The summed E-state index contributed by atoms with van der Waals surface area (Å²) >= 11 is 0. The summed E-state index contributed by atoms with van der Waals surface area (Å²) < 4.78 is 0. The first-order chi connectivity index (χ1) is 7.33. The summed E-state index contributed by atoms with van der Waals surface area (Å²) in [7, 11) is 0. The molecule has 1 aromatic carbocycles. The fraction of sp³-hybridized carbons (Fsp3) is 0.267. The normalized spacial score (nSPS) is 8.40. The minimum atomic E-state index is 1.01. The average molecular weight is 196 g/mol. The maximum absolute atomic E-state index is 3.17. The Morgan fingerprint density at radius 1 is 1.27 bits per heavy atom. The molecule has 0 heteroatoms. The van der Waals surface area contributed by atoms with Crippen molar-refractivity contribution in [1.29, 1.82) is 0 Å². The van der Waals surface area contributed by atoms with Crippen LogP contribution in [-0.4, -0.2) is 0 Å². The molecule has 0 amide bonds. The predicted octanol–water partition coefficient (Wildman–Crippen LogP) is 3.74.